The molecular weight excluding hydrogens is 303 g/mol. The van der Waals surface area contributed by atoms with Gasteiger partial charge in [-0.3, -0.25) is 0 Å². The van der Waals surface area contributed by atoms with E-state index in [1.165, 1.54) is 16.4 Å². The highest BCUT2D eigenvalue weighted by Gasteiger charge is 2.32. The van der Waals surface area contributed by atoms with E-state index in [9.17, 15) is 12.8 Å². The first-order valence-electron chi connectivity index (χ1n) is 6.41. The SMILES string of the molecule is CC1CN(S(=O)(=O)c2ccc(CCl)cc2F)CCN1C. The van der Waals surface area contributed by atoms with Crippen molar-refractivity contribution in [3.05, 3.63) is 29.6 Å². The van der Waals surface area contributed by atoms with Crippen LogP contribution in [0.2, 0.25) is 0 Å². The molecular formula is C13H18ClFN2O2S. The third-order valence-corrected chi connectivity index (χ3v) is 5.90. The summed E-state index contributed by atoms with van der Waals surface area (Å²) in [7, 11) is -1.84. The zero-order valence-corrected chi connectivity index (χ0v) is 13.1. The van der Waals surface area contributed by atoms with Crippen LogP contribution in [0.5, 0.6) is 0 Å². The molecule has 1 aliphatic rings. The molecule has 4 nitrogen and oxygen atoms in total. The number of benzene rings is 1. The summed E-state index contributed by atoms with van der Waals surface area (Å²) in [6.45, 7) is 3.34. The number of sulfonamides is 1. The van der Waals surface area contributed by atoms with Gasteiger partial charge in [0.15, 0.2) is 0 Å². The van der Waals surface area contributed by atoms with Crippen LogP contribution in [0, 0.1) is 5.82 Å². The van der Waals surface area contributed by atoms with E-state index in [-0.39, 0.29) is 16.8 Å². The average molecular weight is 321 g/mol. The van der Waals surface area contributed by atoms with Crippen molar-refractivity contribution < 1.29 is 12.8 Å². The lowest BCUT2D eigenvalue weighted by atomic mass is 10.2. The van der Waals surface area contributed by atoms with Crippen molar-refractivity contribution in [3.8, 4) is 0 Å². The first kappa shape index (κ1) is 15.7. The van der Waals surface area contributed by atoms with Crippen molar-refractivity contribution in [2.24, 2.45) is 0 Å². The molecule has 1 saturated heterocycles. The first-order valence-corrected chi connectivity index (χ1v) is 8.38. The Bertz CT molecular complexity index is 594. The van der Waals surface area contributed by atoms with Crippen LogP contribution >= 0.6 is 11.6 Å². The molecule has 1 aliphatic heterocycles. The average Bonchev–Trinajstić information content (AvgIpc) is 2.41. The van der Waals surface area contributed by atoms with Crippen molar-refractivity contribution in [3.63, 3.8) is 0 Å². The quantitative estimate of drug-likeness (QED) is 0.799. The number of likely N-dealkylation sites (N-methyl/N-ethyl adjacent to an activating group) is 1. The van der Waals surface area contributed by atoms with Gasteiger partial charge >= 0.3 is 0 Å². The molecule has 0 saturated carbocycles. The second-order valence-electron chi connectivity index (χ2n) is 5.09. The van der Waals surface area contributed by atoms with Gasteiger partial charge in [-0.25, -0.2) is 12.8 Å². The predicted octanol–water partition coefficient (Wildman–Crippen LogP) is 1.89. The Balaban J connectivity index is 2.31. The second-order valence-corrected chi connectivity index (χ2v) is 7.26. The van der Waals surface area contributed by atoms with Gasteiger partial charge in [0, 0.05) is 31.6 Å². The molecule has 0 aliphatic carbocycles. The number of alkyl halides is 1. The summed E-state index contributed by atoms with van der Waals surface area (Å²) in [4.78, 5) is 1.81. The molecule has 0 bridgehead atoms. The summed E-state index contributed by atoms with van der Waals surface area (Å²) in [5, 5.41) is 0. The van der Waals surface area contributed by atoms with Gasteiger partial charge in [0.25, 0.3) is 0 Å². The molecule has 0 spiro atoms. The Labute approximate surface area is 124 Å². The topological polar surface area (TPSA) is 40.6 Å². The second kappa shape index (κ2) is 5.97. The minimum Gasteiger partial charge on any atom is -0.301 e. The van der Waals surface area contributed by atoms with Crippen LogP contribution in [-0.2, 0) is 15.9 Å². The summed E-state index contributed by atoms with van der Waals surface area (Å²) in [5.74, 6) is -0.585. The summed E-state index contributed by atoms with van der Waals surface area (Å²) >= 11 is 5.62. The highest BCUT2D eigenvalue weighted by molar-refractivity contribution is 7.89. The lowest BCUT2D eigenvalue weighted by Gasteiger charge is -2.36. The van der Waals surface area contributed by atoms with Gasteiger partial charge in [-0.05, 0) is 31.7 Å². The molecule has 1 atom stereocenters. The van der Waals surface area contributed by atoms with Crippen molar-refractivity contribution in [1.29, 1.82) is 0 Å². The summed E-state index contributed by atoms with van der Waals surface area (Å²) in [5.41, 5.74) is 0.565. The van der Waals surface area contributed by atoms with Crippen LogP contribution in [0.1, 0.15) is 12.5 Å². The molecule has 1 unspecified atom stereocenters. The number of hydrogen-bond acceptors (Lipinski definition) is 3. The van der Waals surface area contributed by atoms with Gasteiger partial charge in [-0.1, -0.05) is 6.07 Å². The lowest BCUT2D eigenvalue weighted by Crippen LogP contribution is -2.51. The minimum absolute atomic E-state index is 0.115. The van der Waals surface area contributed by atoms with Crippen molar-refractivity contribution in [2.45, 2.75) is 23.7 Å². The molecule has 1 fully saturated rings. The van der Waals surface area contributed by atoms with Gasteiger partial charge in [0.05, 0.1) is 0 Å². The molecule has 1 heterocycles. The maximum absolute atomic E-state index is 14.0. The van der Waals surface area contributed by atoms with Crippen molar-refractivity contribution in [1.82, 2.24) is 9.21 Å². The van der Waals surface area contributed by atoms with Crippen LogP contribution in [0.25, 0.3) is 0 Å². The molecule has 0 aromatic heterocycles. The van der Waals surface area contributed by atoms with E-state index in [0.29, 0.717) is 25.2 Å². The van der Waals surface area contributed by atoms with Gasteiger partial charge < -0.3 is 4.90 Å². The van der Waals surface area contributed by atoms with Gasteiger partial charge in [0.2, 0.25) is 10.0 Å². The lowest BCUT2D eigenvalue weighted by molar-refractivity contribution is 0.159. The van der Waals surface area contributed by atoms with Gasteiger partial charge in [-0.2, -0.15) is 4.31 Å². The maximum atomic E-state index is 14.0. The standard InChI is InChI=1S/C13H18ClFN2O2S/c1-10-9-17(6-5-16(10)2)20(18,19)13-4-3-11(8-14)7-12(13)15/h3-4,7,10H,5-6,8-9H2,1-2H3. The van der Waals surface area contributed by atoms with E-state index in [4.69, 9.17) is 11.6 Å². The zero-order chi connectivity index (χ0) is 14.9. The van der Waals surface area contributed by atoms with E-state index < -0.39 is 15.8 Å². The molecule has 2 rings (SSSR count). The molecule has 20 heavy (non-hydrogen) atoms. The van der Waals surface area contributed by atoms with E-state index >= 15 is 0 Å². The fraction of sp³-hybridized carbons (Fsp3) is 0.538. The molecule has 0 amide bonds. The summed E-state index contributed by atoms with van der Waals surface area (Å²) in [6.07, 6.45) is 0. The number of halogens is 2. The molecule has 7 heteroatoms. The Morgan fingerprint density at radius 1 is 1.40 bits per heavy atom. The smallest absolute Gasteiger partial charge is 0.246 e. The van der Waals surface area contributed by atoms with Crippen LogP contribution < -0.4 is 0 Å². The first-order chi connectivity index (χ1) is 9.36. The number of rotatable bonds is 3. The van der Waals surface area contributed by atoms with Crippen LogP contribution in [0.3, 0.4) is 0 Å². The Hall–Kier alpha value is -0.690. The fourth-order valence-electron chi connectivity index (χ4n) is 2.21. The molecule has 1 aromatic carbocycles. The summed E-state index contributed by atoms with van der Waals surface area (Å²) < 4.78 is 40.3. The number of piperazine rings is 1. The summed E-state index contributed by atoms with van der Waals surface area (Å²) in [6, 6.07) is 4.14. The monoisotopic (exact) mass is 320 g/mol. The zero-order valence-electron chi connectivity index (χ0n) is 11.5. The van der Waals surface area contributed by atoms with Crippen molar-refractivity contribution >= 4 is 21.6 Å². The Morgan fingerprint density at radius 2 is 2.10 bits per heavy atom. The van der Waals surface area contributed by atoms with E-state index in [1.807, 2.05) is 14.0 Å². The fourth-order valence-corrected chi connectivity index (χ4v) is 3.93. The van der Waals surface area contributed by atoms with Gasteiger partial charge in [0.1, 0.15) is 10.7 Å². The van der Waals surface area contributed by atoms with Gasteiger partial charge in [-0.15, -0.1) is 11.6 Å². The number of hydrogen-bond donors (Lipinski definition) is 0. The molecule has 0 N–H and O–H groups in total. The predicted molar refractivity (Wildman–Crippen MR) is 76.8 cm³/mol. The Kier molecular flexibility index (Phi) is 4.69. The highest BCUT2D eigenvalue weighted by Crippen LogP contribution is 2.23. The number of nitrogens with zero attached hydrogens (tertiary/aromatic N) is 2. The highest BCUT2D eigenvalue weighted by atomic mass is 35.5. The molecule has 1 aromatic rings. The minimum atomic E-state index is -3.79. The molecule has 112 valence electrons. The Morgan fingerprint density at radius 3 is 2.65 bits per heavy atom. The maximum Gasteiger partial charge on any atom is 0.246 e. The third kappa shape index (κ3) is 2.98. The van der Waals surface area contributed by atoms with Crippen LogP contribution in [0.15, 0.2) is 23.1 Å². The third-order valence-electron chi connectivity index (χ3n) is 3.69. The molecule has 0 radical (unpaired) electrons. The van der Waals surface area contributed by atoms with Crippen molar-refractivity contribution in [2.75, 3.05) is 26.7 Å². The largest absolute Gasteiger partial charge is 0.301 e. The van der Waals surface area contributed by atoms with E-state index in [1.54, 1.807) is 6.07 Å². The van der Waals surface area contributed by atoms with Crippen LogP contribution in [-0.4, -0.2) is 50.3 Å². The normalized spacial score (nSPS) is 22.1. The van der Waals surface area contributed by atoms with E-state index in [2.05, 4.69) is 4.90 Å². The van der Waals surface area contributed by atoms with Crippen LogP contribution in [0.4, 0.5) is 4.39 Å². The van der Waals surface area contributed by atoms with E-state index in [0.717, 1.165) is 0 Å².